The zero-order valence-electron chi connectivity index (χ0n) is 10.2. The van der Waals surface area contributed by atoms with Gasteiger partial charge in [-0.05, 0) is 6.92 Å². The van der Waals surface area contributed by atoms with Crippen molar-refractivity contribution in [2.75, 3.05) is 25.4 Å². The molecule has 2 aliphatic rings. The van der Waals surface area contributed by atoms with Gasteiger partial charge in [-0.2, -0.15) is 0 Å². The maximum Gasteiger partial charge on any atom is 0.254 e. The molecule has 0 aromatic carbocycles. The maximum atomic E-state index is 12.4. The Kier molecular flexibility index (Phi) is 3.15. The standard InChI is InChI=1S/C11H20NO3P/c1-8(2)16(14)6-4-12(5-7-16)11(13)10-9(3)15-10/h8-10H,4-7H2,1-3H3/t9-,10+/m0/s1. The average Bonchev–Trinajstić information content (AvgIpc) is 2.95. The quantitative estimate of drug-likeness (QED) is 0.545. The lowest BCUT2D eigenvalue weighted by Gasteiger charge is -2.34. The molecule has 2 fully saturated rings. The summed E-state index contributed by atoms with van der Waals surface area (Å²) in [7, 11) is -2.02. The zero-order chi connectivity index (χ0) is 11.9. The third-order valence-corrected chi connectivity index (χ3v) is 7.50. The number of carbonyl (C=O) groups is 1. The van der Waals surface area contributed by atoms with Crippen molar-refractivity contribution < 1.29 is 14.1 Å². The van der Waals surface area contributed by atoms with E-state index in [2.05, 4.69) is 0 Å². The van der Waals surface area contributed by atoms with Crippen LogP contribution in [0.1, 0.15) is 20.8 Å². The number of ether oxygens (including phenoxy) is 1. The largest absolute Gasteiger partial charge is 0.359 e. The molecule has 2 atom stereocenters. The van der Waals surface area contributed by atoms with Crippen molar-refractivity contribution in [3.05, 3.63) is 0 Å². The van der Waals surface area contributed by atoms with Gasteiger partial charge >= 0.3 is 0 Å². The number of rotatable bonds is 2. The van der Waals surface area contributed by atoms with Gasteiger partial charge in [-0.3, -0.25) is 4.79 Å². The van der Waals surface area contributed by atoms with E-state index in [-0.39, 0.29) is 23.8 Å². The van der Waals surface area contributed by atoms with Crippen molar-refractivity contribution in [1.82, 2.24) is 4.90 Å². The number of amides is 1. The van der Waals surface area contributed by atoms with E-state index in [9.17, 15) is 9.36 Å². The van der Waals surface area contributed by atoms with Gasteiger partial charge in [0.1, 0.15) is 0 Å². The van der Waals surface area contributed by atoms with Gasteiger partial charge < -0.3 is 14.2 Å². The molecule has 0 spiro atoms. The molecule has 16 heavy (non-hydrogen) atoms. The minimum absolute atomic E-state index is 0.0753. The first kappa shape index (κ1) is 12.1. The predicted molar refractivity (Wildman–Crippen MR) is 63.4 cm³/mol. The fourth-order valence-corrected chi connectivity index (χ4v) is 4.58. The smallest absolute Gasteiger partial charge is 0.254 e. The third kappa shape index (κ3) is 2.18. The molecule has 0 radical (unpaired) electrons. The summed E-state index contributed by atoms with van der Waals surface area (Å²) in [6.07, 6.45) is 1.21. The summed E-state index contributed by atoms with van der Waals surface area (Å²) in [4.78, 5) is 13.7. The van der Waals surface area contributed by atoms with Gasteiger partial charge in [0.05, 0.1) is 13.2 Å². The van der Waals surface area contributed by atoms with Gasteiger partial charge in [0, 0.05) is 31.1 Å². The Labute approximate surface area is 96.7 Å². The van der Waals surface area contributed by atoms with Crippen molar-refractivity contribution in [2.24, 2.45) is 0 Å². The minimum atomic E-state index is -2.02. The Morgan fingerprint density at radius 2 is 1.88 bits per heavy atom. The van der Waals surface area contributed by atoms with Crippen LogP contribution < -0.4 is 0 Å². The van der Waals surface area contributed by atoms with Crippen molar-refractivity contribution in [3.8, 4) is 0 Å². The topological polar surface area (TPSA) is 49.9 Å². The average molecular weight is 245 g/mol. The molecular weight excluding hydrogens is 225 g/mol. The van der Waals surface area contributed by atoms with Crippen molar-refractivity contribution >= 4 is 13.0 Å². The number of hydrogen-bond donors (Lipinski definition) is 0. The zero-order valence-corrected chi connectivity index (χ0v) is 11.1. The van der Waals surface area contributed by atoms with E-state index >= 15 is 0 Å². The second-order valence-electron chi connectivity index (χ2n) is 5.08. The highest BCUT2D eigenvalue weighted by atomic mass is 31.2. The highest BCUT2D eigenvalue weighted by Gasteiger charge is 2.45. The van der Waals surface area contributed by atoms with Crippen LogP contribution in [0.5, 0.6) is 0 Å². The lowest BCUT2D eigenvalue weighted by Crippen LogP contribution is -2.43. The molecule has 0 aliphatic carbocycles. The molecule has 0 aromatic heterocycles. The summed E-state index contributed by atoms with van der Waals surface area (Å²) in [5.74, 6) is 0.0857. The summed E-state index contributed by atoms with van der Waals surface area (Å²) in [6.45, 7) is 7.22. The summed E-state index contributed by atoms with van der Waals surface area (Å²) in [5.41, 5.74) is 0.251. The van der Waals surface area contributed by atoms with Gasteiger partial charge in [-0.25, -0.2) is 0 Å². The first-order chi connectivity index (χ1) is 7.44. The van der Waals surface area contributed by atoms with Gasteiger partial charge in [0.15, 0.2) is 6.10 Å². The van der Waals surface area contributed by atoms with Crippen LogP contribution in [0.2, 0.25) is 0 Å². The van der Waals surface area contributed by atoms with Crippen LogP contribution >= 0.6 is 7.14 Å². The van der Waals surface area contributed by atoms with E-state index < -0.39 is 7.14 Å². The number of nitrogens with zero attached hydrogens (tertiary/aromatic N) is 1. The molecule has 0 bridgehead atoms. The van der Waals surface area contributed by atoms with Gasteiger partial charge in [0.25, 0.3) is 5.91 Å². The van der Waals surface area contributed by atoms with E-state index in [1.54, 1.807) is 0 Å². The molecule has 1 amide bonds. The molecule has 2 aliphatic heterocycles. The summed E-state index contributed by atoms with van der Waals surface area (Å²) in [5, 5.41) is 0. The number of epoxide rings is 1. The van der Waals surface area contributed by atoms with E-state index in [1.807, 2.05) is 25.7 Å². The fourth-order valence-electron chi connectivity index (χ4n) is 2.17. The third-order valence-electron chi connectivity index (χ3n) is 3.70. The molecule has 92 valence electrons. The molecule has 4 nitrogen and oxygen atoms in total. The molecule has 0 saturated carbocycles. The van der Waals surface area contributed by atoms with Crippen molar-refractivity contribution in [3.63, 3.8) is 0 Å². The lowest BCUT2D eigenvalue weighted by atomic mass is 10.3. The molecule has 2 saturated heterocycles. The van der Waals surface area contributed by atoms with Crippen LogP contribution in [0.3, 0.4) is 0 Å². The summed E-state index contributed by atoms with van der Waals surface area (Å²) < 4.78 is 17.6. The van der Waals surface area contributed by atoms with Gasteiger partial charge in [-0.15, -0.1) is 0 Å². The van der Waals surface area contributed by atoms with Crippen LogP contribution in [0.4, 0.5) is 0 Å². The van der Waals surface area contributed by atoms with Crippen LogP contribution in [0.15, 0.2) is 0 Å². The number of carbonyl (C=O) groups excluding carboxylic acids is 1. The van der Waals surface area contributed by atoms with Gasteiger partial charge in [0.2, 0.25) is 0 Å². The van der Waals surface area contributed by atoms with Crippen LogP contribution in [-0.2, 0) is 14.1 Å². The second-order valence-corrected chi connectivity index (χ2v) is 8.91. The molecule has 0 aromatic rings. The van der Waals surface area contributed by atoms with Crippen molar-refractivity contribution in [1.29, 1.82) is 0 Å². The first-order valence-corrected chi connectivity index (χ1v) is 8.11. The molecule has 5 heteroatoms. The van der Waals surface area contributed by atoms with Crippen LogP contribution in [0, 0.1) is 0 Å². The molecular formula is C11H20NO3P. The highest BCUT2D eigenvalue weighted by molar-refractivity contribution is 7.64. The lowest BCUT2D eigenvalue weighted by molar-refractivity contribution is -0.132. The van der Waals surface area contributed by atoms with E-state index in [0.29, 0.717) is 25.4 Å². The molecule has 2 rings (SSSR count). The van der Waals surface area contributed by atoms with Crippen LogP contribution in [-0.4, -0.2) is 54.1 Å². The van der Waals surface area contributed by atoms with E-state index in [0.717, 1.165) is 0 Å². The Morgan fingerprint density at radius 3 is 2.25 bits per heavy atom. The molecule has 0 N–H and O–H groups in total. The van der Waals surface area contributed by atoms with E-state index in [4.69, 9.17) is 4.74 Å². The van der Waals surface area contributed by atoms with E-state index in [1.165, 1.54) is 0 Å². The molecule has 2 heterocycles. The monoisotopic (exact) mass is 245 g/mol. The second kappa shape index (κ2) is 4.15. The predicted octanol–water partition coefficient (Wildman–Crippen LogP) is 1.39. The Morgan fingerprint density at radius 1 is 1.38 bits per heavy atom. The normalized spacial score (nSPS) is 32.9. The number of hydrogen-bond acceptors (Lipinski definition) is 3. The summed E-state index contributed by atoms with van der Waals surface area (Å²) >= 11 is 0. The Bertz CT molecular complexity index is 330. The van der Waals surface area contributed by atoms with Gasteiger partial charge in [-0.1, -0.05) is 13.8 Å². The molecule has 0 unspecified atom stereocenters. The van der Waals surface area contributed by atoms with Crippen molar-refractivity contribution in [2.45, 2.75) is 38.6 Å². The highest BCUT2D eigenvalue weighted by Crippen LogP contribution is 2.51. The Balaban J connectivity index is 1.90. The minimum Gasteiger partial charge on any atom is -0.359 e. The first-order valence-electron chi connectivity index (χ1n) is 5.96. The fraction of sp³-hybridized carbons (Fsp3) is 0.909. The Hall–Kier alpha value is -0.340. The van der Waals surface area contributed by atoms with Crippen LogP contribution in [0.25, 0.3) is 0 Å². The summed E-state index contributed by atoms with van der Waals surface area (Å²) in [6, 6.07) is 0. The maximum absolute atomic E-state index is 12.4. The SMILES string of the molecule is CC(C)P1(=O)CCN(C(=O)[C@@H]2O[C@H]2C)CC1.